The average molecular weight is 320 g/mol. The zero-order valence-electron chi connectivity index (χ0n) is 13.1. The standard InChI is InChI=1S/C20H17FN2O/c21-17-10-8-15(9-11-17)13-23-12-4-7-19(23)20-22-18(14-24-20)16-5-2-1-3-6-16/h1-12,18H,13-14H2/t18-/m1/s1. The summed E-state index contributed by atoms with van der Waals surface area (Å²) in [6.07, 6.45) is 1.99. The van der Waals surface area contributed by atoms with Crippen LogP contribution < -0.4 is 0 Å². The first-order valence-electron chi connectivity index (χ1n) is 7.95. The number of nitrogens with zero attached hydrogens (tertiary/aromatic N) is 2. The lowest BCUT2D eigenvalue weighted by molar-refractivity contribution is 0.318. The summed E-state index contributed by atoms with van der Waals surface area (Å²) in [6, 6.07) is 20.7. The number of benzene rings is 2. The van der Waals surface area contributed by atoms with Gasteiger partial charge in [-0.25, -0.2) is 9.38 Å². The highest BCUT2D eigenvalue weighted by Crippen LogP contribution is 2.25. The second-order valence-corrected chi connectivity index (χ2v) is 5.82. The monoisotopic (exact) mass is 320 g/mol. The lowest BCUT2D eigenvalue weighted by Gasteiger charge is -2.09. The maximum atomic E-state index is 13.0. The normalized spacial score (nSPS) is 16.7. The van der Waals surface area contributed by atoms with E-state index in [1.165, 1.54) is 12.1 Å². The predicted octanol–water partition coefficient (Wildman–Crippen LogP) is 4.19. The molecule has 0 radical (unpaired) electrons. The van der Waals surface area contributed by atoms with Crippen molar-refractivity contribution in [3.63, 3.8) is 0 Å². The average Bonchev–Trinajstić information content (AvgIpc) is 3.27. The van der Waals surface area contributed by atoms with E-state index in [-0.39, 0.29) is 11.9 Å². The third-order valence-corrected chi connectivity index (χ3v) is 4.15. The Morgan fingerprint density at radius 3 is 2.58 bits per heavy atom. The van der Waals surface area contributed by atoms with Crippen LogP contribution in [0.3, 0.4) is 0 Å². The van der Waals surface area contributed by atoms with E-state index in [1.54, 1.807) is 12.1 Å². The van der Waals surface area contributed by atoms with Crippen molar-refractivity contribution in [2.75, 3.05) is 6.61 Å². The van der Waals surface area contributed by atoms with Crippen LogP contribution in [0.25, 0.3) is 0 Å². The summed E-state index contributed by atoms with van der Waals surface area (Å²) in [6.45, 7) is 1.21. The first kappa shape index (κ1) is 14.7. The lowest BCUT2D eigenvalue weighted by Crippen LogP contribution is -2.10. The Morgan fingerprint density at radius 2 is 1.79 bits per heavy atom. The van der Waals surface area contributed by atoms with E-state index in [0.717, 1.165) is 16.8 Å². The molecule has 1 atom stereocenters. The summed E-state index contributed by atoms with van der Waals surface area (Å²) in [5, 5.41) is 0. The fourth-order valence-corrected chi connectivity index (χ4v) is 2.89. The Kier molecular flexibility index (Phi) is 3.87. The van der Waals surface area contributed by atoms with E-state index < -0.39 is 0 Å². The van der Waals surface area contributed by atoms with Gasteiger partial charge in [-0.1, -0.05) is 42.5 Å². The molecule has 4 rings (SSSR count). The molecule has 0 aliphatic carbocycles. The third kappa shape index (κ3) is 2.95. The van der Waals surface area contributed by atoms with Crippen molar-refractivity contribution in [2.45, 2.75) is 12.6 Å². The van der Waals surface area contributed by atoms with Gasteiger partial charge in [0.15, 0.2) is 0 Å². The van der Waals surface area contributed by atoms with Crippen LogP contribution in [0, 0.1) is 5.82 Å². The number of aliphatic imine (C=N–C) groups is 1. The molecule has 1 aromatic heterocycles. The van der Waals surface area contributed by atoms with Crippen LogP contribution in [0.1, 0.15) is 22.9 Å². The predicted molar refractivity (Wildman–Crippen MR) is 91.6 cm³/mol. The highest BCUT2D eigenvalue weighted by molar-refractivity contribution is 5.93. The van der Waals surface area contributed by atoms with Crippen molar-refractivity contribution in [2.24, 2.45) is 4.99 Å². The van der Waals surface area contributed by atoms with Crippen LogP contribution in [0.5, 0.6) is 0 Å². The van der Waals surface area contributed by atoms with E-state index in [4.69, 9.17) is 9.73 Å². The summed E-state index contributed by atoms with van der Waals surface area (Å²) in [5.41, 5.74) is 3.13. The molecule has 0 N–H and O–H groups in total. The van der Waals surface area contributed by atoms with Gasteiger partial charge in [0.2, 0.25) is 5.90 Å². The number of hydrogen-bond acceptors (Lipinski definition) is 2. The molecule has 2 aromatic carbocycles. The van der Waals surface area contributed by atoms with Crippen molar-refractivity contribution in [1.29, 1.82) is 0 Å². The first-order valence-corrected chi connectivity index (χ1v) is 7.95. The largest absolute Gasteiger partial charge is 0.474 e. The molecular formula is C20H17FN2O. The van der Waals surface area contributed by atoms with Gasteiger partial charge in [0.1, 0.15) is 24.2 Å². The topological polar surface area (TPSA) is 26.5 Å². The summed E-state index contributed by atoms with van der Waals surface area (Å²) in [5.74, 6) is 0.441. The zero-order valence-corrected chi connectivity index (χ0v) is 13.1. The maximum Gasteiger partial charge on any atom is 0.234 e. The van der Waals surface area contributed by atoms with Crippen molar-refractivity contribution in [1.82, 2.24) is 4.57 Å². The molecule has 2 heterocycles. The molecule has 24 heavy (non-hydrogen) atoms. The van der Waals surface area contributed by atoms with Crippen molar-refractivity contribution >= 4 is 5.90 Å². The SMILES string of the molecule is Fc1ccc(Cn2cccc2C2=N[C@@H](c3ccccc3)CO2)cc1. The molecule has 1 aliphatic heterocycles. The van der Waals surface area contributed by atoms with E-state index >= 15 is 0 Å². The zero-order chi connectivity index (χ0) is 16.4. The number of aromatic nitrogens is 1. The van der Waals surface area contributed by atoms with Crippen molar-refractivity contribution < 1.29 is 9.13 Å². The summed E-state index contributed by atoms with van der Waals surface area (Å²) >= 11 is 0. The molecule has 0 bridgehead atoms. The number of hydrogen-bond donors (Lipinski definition) is 0. The van der Waals surface area contributed by atoms with Crippen molar-refractivity contribution in [3.05, 3.63) is 95.6 Å². The van der Waals surface area contributed by atoms with Gasteiger partial charge in [-0.15, -0.1) is 0 Å². The molecule has 3 nitrogen and oxygen atoms in total. The minimum atomic E-state index is -0.222. The molecule has 0 spiro atoms. The molecule has 0 saturated heterocycles. The van der Waals surface area contributed by atoms with Gasteiger partial charge in [-0.3, -0.25) is 0 Å². The minimum absolute atomic E-state index is 0.0374. The van der Waals surface area contributed by atoms with Gasteiger partial charge in [0.25, 0.3) is 0 Å². The van der Waals surface area contributed by atoms with Gasteiger partial charge in [-0.2, -0.15) is 0 Å². The smallest absolute Gasteiger partial charge is 0.234 e. The molecule has 3 aromatic rings. The fraction of sp³-hybridized carbons (Fsp3) is 0.150. The quantitative estimate of drug-likeness (QED) is 0.708. The highest BCUT2D eigenvalue weighted by Gasteiger charge is 2.23. The summed E-state index contributed by atoms with van der Waals surface area (Å²) in [7, 11) is 0. The summed E-state index contributed by atoms with van der Waals surface area (Å²) < 4.78 is 20.9. The Labute approximate surface area is 140 Å². The van der Waals surface area contributed by atoms with E-state index in [2.05, 4.69) is 16.7 Å². The van der Waals surface area contributed by atoms with Crippen LogP contribution >= 0.6 is 0 Å². The maximum absolute atomic E-state index is 13.0. The Morgan fingerprint density at radius 1 is 1.00 bits per heavy atom. The molecule has 0 unspecified atom stereocenters. The molecular weight excluding hydrogens is 303 g/mol. The first-order chi connectivity index (χ1) is 11.8. The Bertz CT molecular complexity index is 853. The van der Waals surface area contributed by atoms with E-state index in [0.29, 0.717) is 19.0 Å². The minimum Gasteiger partial charge on any atom is -0.474 e. The number of halogens is 1. The van der Waals surface area contributed by atoms with E-state index in [9.17, 15) is 4.39 Å². The van der Waals surface area contributed by atoms with Gasteiger partial charge < -0.3 is 9.30 Å². The summed E-state index contributed by atoms with van der Waals surface area (Å²) in [4.78, 5) is 4.73. The Hall–Kier alpha value is -2.88. The van der Waals surface area contributed by atoms with E-state index in [1.807, 2.05) is 36.5 Å². The molecule has 120 valence electrons. The van der Waals surface area contributed by atoms with Crippen LogP contribution in [0.2, 0.25) is 0 Å². The number of ether oxygens (including phenoxy) is 1. The van der Waals surface area contributed by atoms with Crippen molar-refractivity contribution in [3.8, 4) is 0 Å². The van der Waals surface area contributed by atoms with Gasteiger partial charge in [0.05, 0.1) is 0 Å². The van der Waals surface area contributed by atoms with Gasteiger partial charge in [-0.05, 0) is 35.4 Å². The van der Waals surface area contributed by atoms with Crippen LogP contribution in [0.4, 0.5) is 4.39 Å². The molecule has 1 aliphatic rings. The Balaban J connectivity index is 1.57. The highest BCUT2D eigenvalue weighted by atomic mass is 19.1. The van der Waals surface area contributed by atoms with Gasteiger partial charge in [0, 0.05) is 12.7 Å². The lowest BCUT2D eigenvalue weighted by atomic mass is 10.1. The third-order valence-electron chi connectivity index (χ3n) is 4.15. The van der Waals surface area contributed by atoms with Gasteiger partial charge >= 0.3 is 0 Å². The van der Waals surface area contributed by atoms with Crippen LogP contribution in [0.15, 0.2) is 77.9 Å². The fourth-order valence-electron chi connectivity index (χ4n) is 2.89. The second-order valence-electron chi connectivity index (χ2n) is 5.82. The molecule has 0 saturated carbocycles. The molecule has 4 heteroatoms. The molecule has 0 amide bonds. The van der Waals surface area contributed by atoms with Crippen LogP contribution in [-0.2, 0) is 11.3 Å². The number of rotatable bonds is 4. The van der Waals surface area contributed by atoms with Crippen LogP contribution in [-0.4, -0.2) is 17.1 Å². The second kappa shape index (κ2) is 6.32. The molecule has 0 fully saturated rings.